The van der Waals surface area contributed by atoms with E-state index < -0.39 is 5.97 Å². The molecule has 0 N–H and O–H groups in total. The minimum absolute atomic E-state index is 0.00748. The molecule has 2 aromatic carbocycles. The summed E-state index contributed by atoms with van der Waals surface area (Å²) >= 11 is 0. The zero-order valence-electron chi connectivity index (χ0n) is 13.9. The molecule has 0 heterocycles. The van der Waals surface area contributed by atoms with E-state index in [4.69, 9.17) is 19.5 Å². The van der Waals surface area contributed by atoms with Crippen LogP contribution in [-0.2, 0) is 11.3 Å². The van der Waals surface area contributed by atoms with E-state index >= 15 is 0 Å². The zero-order valence-corrected chi connectivity index (χ0v) is 13.9. The Morgan fingerprint density at radius 3 is 2.42 bits per heavy atom. The van der Waals surface area contributed by atoms with Gasteiger partial charge in [-0.2, -0.15) is 5.26 Å². The molecule has 2 aromatic rings. The Labute approximate surface area is 141 Å². The lowest BCUT2D eigenvalue weighted by Crippen LogP contribution is -2.09. The van der Waals surface area contributed by atoms with E-state index in [1.165, 1.54) is 7.11 Å². The van der Waals surface area contributed by atoms with Crippen LogP contribution < -0.4 is 9.47 Å². The molecule has 0 aliphatic carbocycles. The summed E-state index contributed by atoms with van der Waals surface area (Å²) < 4.78 is 16.2. The van der Waals surface area contributed by atoms with E-state index in [0.717, 1.165) is 5.56 Å². The highest BCUT2D eigenvalue weighted by atomic mass is 16.5. The highest BCUT2D eigenvalue weighted by Gasteiger charge is 2.13. The summed E-state index contributed by atoms with van der Waals surface area (Å²) in [6, 6.07) is 13.9. The predicted molar refractivity (Wildman–Crippen MR) is 89.0 cm³/mol. The molecule has 24 heavy (non-hydrogen) atoms. The zero-order chi connectivity index (χ0) is 17.5. The lowest BCUT2D eigenvalue weighted by molar-refractivity contribution is 0.0472. The van der Waals surface area contributed by atoms with Crippen LogP contribution in [0.3, 0.4) is 0 Å². The number of carbonyl (C=O) groups is 1. The van der Waals surface area contributed by atoms with Crippen molar-refractivity contribution in [1.82, 2.24) is 0 Å². The van der Waals surface area contributed by atoms with Gasteiger partial charge in [0.15, 0.2) is 11.5 Å². The largest absolute Gasteiger partial charge is 0.493 e. The molecular formula is C19H19NO4. The van der Waals surface area contributed by atoms with E-state index in [2.05, 4.69) is 0 Å². The van der Waals surface area contributed by atoms with E-state index in [-0.39, 0.29) is 12.7 Å². The quantitative estimate of drug-likeness (QED) is 0.757. The van der Waals surface area contributed by atoms with Gasteiger partial charge in [0, 0.05) is 0 Å². The molecule has 2 rings (SSSR count). The van der Waals surface area contributed by atoms with Gasteiger partial charge in [0.1, 0.15) is 6.61 Å². The second-order valence-corrected chi connectivity index (χ2v) is 5.42. The van der Waals surface area contributed by atoms with Crippen molar-refractivity contribution in [1.29, 1.82) is 5.26 Å². The molecule has 0 saturated carbocycles. The molecule has 0 aliphatic rings. The number of nitrogens with zero attached hydrogens (tertiary/aromatic N) is 1. The summed E-state index contributed by atoms with van der Waals surface area (Å²) in [6.45, 7) is 3.97. The Kier molecular flexibility index (Phi) is 5.80. The minimum atomic E-state index is -0.450. The molecule has 5 nitrogen and oxygen atoms in total. The summed E-state index contributed by atoms with van der Waals surface area (Å²) in [5.41, 5.74) is 1.77. The standard InChI is InChI=1S/C19H19NO4/c1-13(2)24-17-9-8-16(10-18(17)22-3)19(21)23-12-15-6-4-14(11-20)5-7-15/h4-10,13H,12H2,1-3H3. The molecule has 5 heteroatoms. The fourth-order valence-electron chi connectivity index (χ4n) is 2.05. The van der Waals surface area contributed by atoms with E-state index in [9.17, 15) is 4.79 Å². The number of carbonyl (C=O) groups excluding carboxylic acids is 1. The SMILES string of the molecule is COc1cc(C(=O)OCc2ccc(C#N)cc2)ccc1OC(C)C. The van der Waals surface area contributed by atoms with Gasteiger partial charge >= 0.3 is 5.97 Å². The minimum Gasteiger partial charge on any atom is -0.493 e. The van der Waals surface area contributed by atoms with Gasteiger partial charge in [-0.05, 0) is 49.7 Å². The fourth-order valence-corrected chi connectivity index (χ4v) is 2.05. The molecule has 0 saturated heterocycles. The van der Waals surface area contributed by atoms with Gasteiger partial charge in [-0.15, -0.1) is 0 Å². The Morgan fingerprint density at radius 1 is 1.12 bits per heavy atom. The first kappa shape index (κ1) is 17.4. The predicted octanol–water partition coefficient (Wildman–Crippen LogP) is 3.71. The maximum Gasteiger partial charge on any atom is 0.338 e. The van der Waals surface area contributed by atoms with Crippen molar-refractivity contribution >= 4 is 5.97 Å². The normalized spacial score (nSPS) is 10.1. The molecule has 0 aromatic heterocycles. The number of rotatable bonds is 6. The molecule has 0 atom stereocenters. The molecule has 0 fully saturated rings. The van der Waals surface area contributed by atoms with Crippen LogP contribution in [0.25, 0.3) is 0 Å². The van der Waals surface area contributed by atoms with Crippen molar-refractivity contribution in [3.8, 4) is 17.6 Å². The van der Waals surface area contributed by atoms with Crippen LogP contribution >= 0.6 is 0 Å². The van der Waals surface area contributed by atoms with Crippen molar-refractivity contribution in [3.63, 3.8) is 0 Å². The first-order valence-electron chi connectivity index (χ1n) is 7.54. The molecule has 0 bridgehead atoms. The summed E-state index contributed by atoms with van der Waals surface area (Å²) in [6.07, 6.45) is 0.00748. The smallest absolute Gasteiger partial charge is 0.338 e. The molecule has 0 amide bonds. The van der Waals surface area contributed by atoms with Crippen LogP contribution in [0.5, 0.6) is 11.5 Å². The maximum absolute atomic E-state index is 12.2. The summed E-state index contributed by atoms with van der Waals surface area (Å²) in [4.78, 5) is 12.2. The number of hydrogen-bond donors (Lipinski definition) is 0. The van der Waals surface area contributed by atoms with Gasteiger partial charge < -0.3 is 14.2 Å². The van der Waals surface area contributed by atoms with Crippen LogP contribution in [0.4, 0.5) is 0 Å². The summed E-state index contributed by atoms with van der Waals surface area (Å²) in [7, 11) is 1.52. The van der Waals surface area contributed by atoms with Gasteiger partial charge in [0.25, 0.3) is 0 Å². The number of benzene rings is 2. The third kappa shape index (κ3) is 4.50. The molecule has 0 unspecified atom stereocenters. The van der Waals surface area contributed by atoms with Crippen LogP contribution in [-0.4, -0.2) is 19.2 Å². The van der Waals surface area contributed by atoms with Gasteiger partial charge in [0.05, 0.1) is 30.4 Å². The Bertz CT molecular complexity index is 745. The van der Waals surface area contributed by atoms with Gasteiger partial charge in [-0.1, -0.05) is 12.1 Å². The first-order valence-corrected chi connectivity index (χ1v) is 7.54. The van der Waals surface area contributed by atoms with Crippen LogP contribution in [0.15, 0.2) is 42.5 Å². The third-order valence-corrected chi connectivity index (χ3v) is 3.21. The number of methoxy groups -OCH3 is 1. The molecule has 124 valence electrons. The monoisotopic (exact) mass is 325 g/mol. The summed E-state index contributed by atoms with van der Waals surface area (Å²) in [5.74, 6) is 0.612. The Balaban J connectivity index is 2.04. The van der Waals surface area contributed by atoms with E-state index in [1.807, 2.05) is 19.9 Å². The Hall–Kier alpha value is -3.00. The Morgan fingerprint density at radius 2 is 1.83 bits per heavy atom. The maximum atomic E-state index is 12.2. The highest BCUT2D eigenvalue weighted by molar-refractivity contribution is 5.90. The van der Waals surface area contributed by atoms with Gasteiger partial charge in [0.2, 0.25) is 0 Å². The topological polar surface area (TPSA) is 68.5 Å². The summed E-state index contributed by atoms with van der Waals surface area (Å²) in [5, 5.41) is 8.76. The number of esters is 1. The molecular weight excluding hydrogens is 306 g/mol. The second kappa shape index (κ2) is 8.02. The van der Waals surface area contributed by atoms with Crippen molar-refractivity contribution in [3.05, 3.63) is 59.2 Å². The average molecular weight is 325 g/mol. The fraction of sp³-hybridized carbons (Fsp3) is 0.263. The van der Waals surface area contributed by atoms with E-state index in [0.29, 0.717) is 22.6 Å². The van der Waals surface area contributed by atoms with Crippen molar-refractivity contribution in [2.45, 2.75) is 26.6 Å². The number of hydrogen-bond acceptors (Lipinski definition) is 5. The molecule has 0 aliphatic heterocycles. The highest BCUT2D eigenvalue weighted by Crippen LogP contribution is 2.29. The lowest BCUT2D eigenvalue weighted by Gasteiger charge is -2.14. The van der Waals surface area contributed by atoms with Crippen molar-refractivity contribution in [2.24, 2.45) is 0 Å². The number of ether oxygens (including phenoxy) is 3. The molecule has 0 spiro atoms. The number of nitriles is 1. The average Bonchev–Trinajstić information content (AvgIpc) is 2.60. The second-order valence-electron chi connectivity index (χ2n) is 5.42. The van der Waals surface area contributed by atoms with E-state index in [1.54, 1.807) is 42.5 Å². The van der Waals surface area contributed by atoms with Crippen molar-refractivity contribution < 1.29 is 19.0 Å². The lowest BCUT2D eigenvalue weighted by atomic mass is 10.1. The third-order valence-electron chi connectivity index (χ3n) is 3.21. The molecule has 0 radical (unpaired) electrons. The van der Waals surface area contributed by atoms with Crippen LogP contribution in [0.2, 0.25) is 0 Å². The van der Waals surface area contributed by atoms with Gasteiger partial charge in [-0.25, -0.2) is 4.79 Å². The van der Waals surface area contributed by atoms with Gasteiger partial charge in [-0.3, -0.25) is 0 Å². The van der Waals surface area contributed by atoms with Crippen LogP contribution in [0.1, 0.15) is 35.3 Å². The van der Waals surface area contributed by atoms with Crippen molar-refractivity contribution in [2.75, 3.05) is 7.11 Å². The van der Waals surface area contributed by atoms with Crippen LogP contribution in [0, 0.1) is 11.3 Å². The first-order chi connectivity index (χ1) is 11.5.